The molecule has 1 heterocycles. The van der Waals surface area contributed by atoms with Crippen LogP contribution < -0.4 is 10.2 Å². The Hall–Kier alpha value is -4.06. The molecule has 0 fully saturated rings. The predicted octanol–water partition coefficient (Wildman–Crippen LogP) is 5.15. The lowest BCUT2D eigenvalue weighted by molar-refractivity contribution is -0.116. The Kier molecular flexibility index (Phi) is 5.71. The van der Waals surface area contributed by atoms with Crippen molar-refractivity contribution in [2.24, 2.45) is 0 Å². The van der Waals surface area contributed by atoms with Crippen molar-refractivity contribution in [1.29, 1.82) is 0 Å². The van der Waals surface area contributed by atoms with Gasteiger partial charge in [-0.3, -0.25) is 9.69 Å². The van der Waals surface area contributed by atoms with Crippen LogP contribution in [0.4, 0.5) is 16.2 Å². The van der Waals surface area contributed by atoms with E-state index in [1.54, 1.807) is 31.3 Å². The maximum atomic E-state index is 12.9. The molecule has 156 valence electrons. The molecule has 0 saturated carbocycles. The molecule has 1 N–H and O–H groups in total. The van der Waals surface area contributed by atoms with Crippen LogP contribution in [0.15, 0.2) is 84.9 Å². The zero-order chi connectivity index (χ0) is 21.8. The summed E-state index contributed by atoms with van der Waals surface area (Å²) >= 11 is 0. The Labute approximate surface area is 180 Å². The van der Waals surface area contributed by atoms with Gasteiger partial charge in [-0.15, -0.1) is 0 Å². The first-order valence-electron chi connectivity index (χ1n) is 9.92. The third kappa shape index (κ3) is 4.28. The number of hydrogen-bond acceptors (Lipinski definition) is 3. The minimum atomic E-state index is -0.454. The molecule has 0 aliphatic heterocycles. The molecule has 0 atom stereocenters. The van der Waals surface area contributed by atoms with Crippen LogP contribution in [0.2, 0.25) is 0 Å². The highest BCUT2D eigenvalue weighted by Gasteiger charge is 2.14. The second kappa shape index (κ2) is 8.75. The Morgan fingerprint density at radius 2 is 1.61 bits per heavy atom. The van der Waals surface area contributed by atoms with Gasteiger partial charge in [0.1, 0.15) is 6.54 Å². The summed E-state index contributed by atoms with van der Waals surface area (Å²) in [5, 5.41) is 4.03. The number of nitrogens with one attached hydrogen (secondary N) is 1. The lowest BCUT2D eigenvalue weighted by Gasteiger charge is -2.16. The van der Waals surface area contributed by atoms with E-state index in [2.05, 4.69) is 11.4 Å². The van der Waals surface area contributed by atoms with E-state index in [0.717, 1.165) is 22.2 Å². The van der Waals surface area contributed by atoms with Crippen molar-refractivity contribution in [3.8, 4) is 11.3 Å². The summed E-state index contributed by atoms with van der Waals surface area (Å²) in [6, 6.07) is 27.2. The Balaban J connectivity index is 1.56. The highest BCUT2D eigenvalue weighted by molar-refractivity contribution is 5.94. The highest BCUT2D eigenvalue weighted by atomic mass is 16.5. The number of amides is 2. The van der Waals surface area contributed by atoms with Crippen LogP contribution in [0, 0.1) is 0 Å². The molecule has 1 aromatic heterocycles. The van der Waals surface area contributed by atoms with Crippen molar-refractivity contribution >= 4 is 34.3 Å². The van der Waals surface area contributed by atoms with E-state index in [1.165, 1.54) is 12.0 Å². The van der Waals surface area contributed by atoms with Crippen molar-refractivity contribution in [2.75, 3.05) is 24.4 Å². The van der Waals surface area contributed by atoms with Gasteiger partial charge < -0.3 is 14.6 Å². The van der Waals surface area contributed by atoms with Crippen LogP contribution in [-0.2, 0) is 16.1 Å². The standard InChI is InChI=1S/C25H23N3O3/c1-27(25(30)31-2)21-14-12-20(13-15-21)26-24(29)17-28-22-11-7-6-10-19(22)16-23(28)18-8-4-3-5-9-18/h3-16H,17H2,1-2H3,(H,26,29). The first kappa shape index (κ1) is 20.2. The zero-order valence-electron chi connectivity index (χ0n) is 17.4. The van der Waals surface area contributed by atoms with Crippen LogP contribution in [0.25, 0.3) is 22.2 Å². The Morgan fingerprint density at radius 1 is 0.935 bits per heavy atom. The number of methoxy groups -OCH3 is 1. The molecule has 0 aliphatic carbocycles. The number of aromatic nitrogens is 1. The molecule has 4 aromatic rings. The fourth-order valence-electron chi connectivity index (χ4n) is 3.58. The van der Waals surface area contributed by atoms with E-state index >= 15 is 0 Å². The molecule has 4 rings (SSSR count). The molecular weight excluding hydrogens is 390 g/mol. The van der Waals surface area contributed by atoms with Gasteiger partial charge in [0.2, 0.25) is 5.91 Å². The van der Waals surface area contributed by atoms with Crippen molar-refractivity contribution in [1.82, 2.24) is 4.57 Å². The fraction of sp³-hybridized carbons (Fsp3) is 0.120. The summed E-state index contributed by atoms with van der Waals surface area (Å²) in [6.07, 6.45) is -0.454. The number of carbonyl (C=O) groups is 2. The second-order valence-electron chi connectivity index (χ2n) is 7.16. The van der Waals surface area contributed by atoms with Gasteiger partial charge in [0.15, 0.2) is 0 Å². The first-order chi connectivity index (χ1) is 15.1. The van der Waals surface area contributed by atoms with Crippen LogP contribution in [0.5, 0.6) is 0 Å². The monoisotopic (exact) mass is 413 g/mol. The number of anilines is 2. The van der Waals surface area contributed by atoms with E-state index in [1.807, 2.05) is 59.2 Å². The lowest BCUT2D eigenvalue weighted by atomic mass is 10.1. The number of rotatable bonds is 5. The Bertz CT molecular complexity index is 1210. The van der Waals surface area contributed by atoms with Gasteiger partial charge in [-0.25, -0.2) is 4.79 Å². The topological polar surface area (TPSA) is 63.6 Å². The smallest absolute Gasteiger partial charge is 0.413 e. The minimum absolute atomic E-state index is 0.132. The SMILES string of the molecule is COC(=O)N(C)c1ccc(NC(=O)Cn2c(-c3ccccc3)cc3ccccc32)cc1. The number of nitrogens with zero attached hydrogens (tertiary/aromatic N) is 2. The zero-order valence-corrected chi connectivity index (χ0v) is 17.4. The highest BCUT2D eigenvalue weighted by Crippen LogP contribution is 2.28. The largest absolute Gasteiger partial charge is 0.452 e. The second-order valence-corrected chi connectivity index (χ2v) is 7.16. The molecule has 0 bridgehead atoms. The number of hydrogen-bond donors (Lipinski definition) is 1. The summed E-state index contributed by atoms with van der Waals surface area (Å²) < 4.78 is 6.74. The first-order valence-corrected chi connectivity index (χ1v) is 9.92. The quantitative estimate of drug-likeness (QED) is 0.492. The van der Waals surface area contributed by atoms with Gasteiger partial charge in [-0.05, 0) is 42.0 Å². The van der Waals surface area contributed by atoms with E-state index < -0.39 is 6.09 Å². The van der Waals surface area contributed by atoms with Crippen molar-refractivity contribution in [3.05, 3.63) is 84.9 Å². The van der Waals surface area contributed by atoms with E-state index in [4.69, 9.17) is 4.74 Å². The third-order valence-corrected chi connectivity index (χ3v) is 5.17. The fourth-order valence-corrected chi connectivity index (χ4v) is 3.58. The molecule has 0 saturated heterocycles. The molecule has 6 heteroatoms. The van der Waals surface area contributed by atoms with Crippen molar-refractivity contribution in [2.45, 2.75) is 6.54 Å². The van der Waals surface area contributed by atoms with Gasteiger partial charge in [0.05, 0.1) is 7.11 Å². The van der Waals surface area contributed by atoms with Gasteiger partial charge >= 0.3 is 6.09 Å². The number of carbonyl (C=O) groups excluding carboxylic acids is 2. The normalized spacial score (nSPS) is 10.6. The van der Waals surface area contributed by atoms with Crippen LogP contribution in [0.3, 0.4) is 0 Å². The predicted molar refractivity (Wildman–Crippen MR) is 123 cm³/mol. The van der Waals surface area contributed by atoms with E-state index in [-0.39, 0.29) is 12.5 Å². The molecule has 0 spiro atoms. The average molecular weight is 413 g/mol. The average Bonchev–Trinajstić information content (AvgIpc) is 3.17. The molecule has 31 heavy (non-hydrogen) atoms. The van der Waals surface area contributed by atoms with Crippen molar-refractivity contribution < 1.29 is 14.3 Å². The van der Waals surface area contributed by atoms with Crippen LogP contribution >= 0.6 is 0 Å². The van der Waals surface area contributed by atoms with Gasteiger partial charge in [0.25, 0.3) is 0 Å². The minimum Gasteiger partial charge on any atom is -0.452 e. The number of para-hydroxylation sites is 1. The van der Waals surface area contributed by atoms with Gasteiger partial charge in [-0.1, -0.05) is 48.5 Å². The maximum absolute atomic E-state index is 12.9. The lowest BCUT2D eigenvalue weighted by Crippen LogP contribution is -2.25. The third-order valence-electron chi connectivity index (χ3n) is 5.17. The van der Waals surface area contributed by atoms with E-state index in [9.17, 15) is 9.59 Å². The van der Waals surface area contributed by atoms with E-state index in [0.29, 0.717) is 11.4 Å². The molecule has 2 amide bonds. The maximum Gasteiger partial charge on any atom is 0.413 e. The summed E-state index contributed by atoms with van der Waals surface area (Å²) in [6.45, 7) is 0.182. The molecule has 0 radical (unpaired) electrons. The summed E-state index contributed by atoms with van der Waals surface area (Å²) in [4.78, 5) is 25.9. The van der Waals surface area contributed by atoms with Crippen LogP contribution in [0.1, 0.15) is 0 Å². The van der Waals surface area contributed by atoms with Gasteiger partial charge in [0, 0.05) is 35.0 Å². The molecule has 6 nitrogen and oxygen atoms in total. The number of fused-ring (bicyclic) bond motifs is 1. The summed E-state index contributed by atoms with van der Waals surface area (Å²) in [5.74, 6) is -0.132. The van der Waals surface area contributed by atoms with Crippen LogP contribution in [-0.4, -0.2) is 30.7 Å². The number of ether oxygens (including phenoxy) is 1. The Morgan fingerprint density at radius 3 is 2.32 bits per heavy atom. The van der Waals surface area contributed by atoms with Crippen molar-refractivity contribution in [3.63, 3.8) is 0 Å². The van der Waals surface area contributed by atoms with Gasteiger partial charge in [-0.2, -0.15) is 0 Å². The molecule has 0 aliphatic rings. The summed E-state index contributed by atoms with van der Waals surface area (Å²) in [5.41, 5.74) is 4.39. The summed E-state index contributed by atoms with van der Waals surface area (Å²) in [7, 11) is 2.96. The molecular formula is C25H23N3O3. The molecule has 3 aromatic carbocycles. The number of benzene rings is 3. The molecule has 0 unspecified atom stereocenters.